The SMILES string of the molecule is COc1ccc(O[C]=O)cc1. The standard InChI is InChI=1S/C8H7O3/c1-10-7-2-4-8(5-3-7)11-6-9/h2-5H,1H3. The summed E-state index contributed by atoms with van der Waals surface area (Å²) in [5, 5.41) is 0. The summed E-state index contributed by atoms with van der Waals surface area (Å²) < 4.78 is 9.34. The molecular formula is C8H7O3. The van der Waals surface area contributed by atoms with Crippen LogP contribution in [0, 0.1) is 0 Å². The van der Waals surface area contributed by atoms with Crippen LogP contribution in [0.1, 0.15) is 0 Å². The molecular weight excluding hydrogens is 144 g/mol. The summed E-state index contributed by atoms with van der Waals surface area (Å²) in [6, 6.07) is 6.66. The minimum absolute atomic E-state index is 0.459. The summed E-state index contributed by atoms with van der Waals surface area (Å²) in [7, 11) is 1.57. The normalized spacial score (nSPS) is 8.82. The molecule has 57 valence electrons. The third kappa shape index (κ3) is 1.97. The molecule has 3 nitrogen and oxygen atoms in total. The van der Waals surface area contributed by atoms with Crippen LogP contribution in [0.15, 0.2) is 24.3 Å². The fraction of sp³-hybridized carbons (Fsp3) is 0.125. The van der Waals surface area contributed by atoms with Gasteiger partial charge in [0.15, 0.2) is 0 Å². The maximum absolute atomic E-state index is 9.75. The molecule has 0 N–H and O–H groups in total. The molecule has 0 atom stereocenters. The molecule has 11 heavy (non-hydrogen) atoms. The first-order valence-electron chi connectivity index (χ1n) is 3.05. The van der Waals surface area contributed by atoms with E-state index in [1.54, 1.807) is 31.4 Å². The number of carbonyl (C=O) groups excluding carboxylic acids is 1. The van der Waals surface area contributed by atoms with E-state index in [4.69, 9.17) is 4.74 Å². The van der Waals surface area contributed by atoms with Crippen molar-refractivity contribution in [3.8, 4) is 11.5 Å². The third-order valence-corrected chi connectivity index (χ3v) is 1.22. The van der Waals surface area contributed by atoms with Crippen molar-refractivity contribution < 1.29 is 14.3 Å². The lowest BCUT2D eigenvalue weighted by Crippen LogP contribution is -1.88. The fourth-order valence-electron chi connectivity index (χ4n) is 0.692. The quantitative estimate of drug-likeness (QED) is 0.649. The van der Waals surface area contributed by atoms with E-state index in [1.807, 2.05) is 0 Å². The number of rotatable bonds is 3. The Bertz CT molecular complexity index is 228. The first kappa shape index (κ1) is 7.60. The Balaban J connectivity index is 2.74. The molecule has 0 fully saturated rings. The van der Waals surface area contributed by atoms with Gasteiger partial charge in [-0.05, 0) is 24.3 Å². The van der Waals surface area contributed by atoms with Gasteiger partial charge in [0.1, 0.15) is 11.5 Å². The molecule has 0 saturated heterocycles. The minimum atomic E-state index is 0.459. The predicted octanol–water partition coefficient (Wildman–Crippen LogP) is 1.14. The Morgan fingerprint density at radius 1 is 1.18 bits per heavy atom. The highest BCUT2D eigenvalue weighted by Crippen LogP contribution is 2.15. The van der Waals surface area contributed by atoms with E-state index in [1.165, 1.54) is 6.47 Å². The summed E-state index contributed by atoms with van der Waals surface area (Å²) in [5.41, 5.74) is 0. The highest BCUT2D eigenvalue weighted by molar-refractivity contribution is 5.46. The molecule has 1 rings (SSSR count). The Kier molecular flexibility index (Phi) is 2.49. The summed E-state index contributed by atoms with van der Waals surface area (Å²) in [4.78, 5) is 9.75. The van der Waals surface area contributed by atoms with E-state index in [-0.39, 0.29) is 0 Å². The Morgan fingerprint density at radius 3 is 2.18 bits per heavy atom. The van der Waals surface area contributed by atoms with Crippen molar-refractivity contribution in [1.82, 2.24) is 0 Å². The summed E-state index contributed by atoms with van der Waals surface area (Å²) in [6.07, 6.45) is 0. The van der Waals surface area contributed by atoms with Gasteiger partial charge in [-0.1, -0.05) is 0 Å². The van der Waals surface area contributed by atoms with Crippen molar-refractivity contribution in [2.45, 2.75) is 0 Å². The van der Waals surface area contributed by atoms with E-state index >= 15 is 0 Å². The molecule has 1 aromatic carbocycles. The second-order valence-electron chi connectivity index (χ2n) is 1.86. The van der Waals surface area contributed by atoms with Crippen LogP contribution in [0.5, 0.6) is 11.5 Å². The molecule has 0 aliphatic heterocycles. The molecule has 0 saturated carbocycles. The Morgan fingerprint density at radius 2 is 1.73 bits per heavy atom. The van der Waals surface area contributed by atoms with Crippen LogP contribution >= 0.6 is 0 Å². The summed E-state index contributed by atoms with van der Waals surface area (Å²) in [5.74, 6) is 1.18. The lowest BCUT2D eigenvalue weighted by Gasteiger charge is -1.99. The lowest BCUT2D eigenvalue weighted by molar-refractivity contribution is 0.412. The highest BCUT2D eigenvalue weighted by Gasteiger charge is 1.92. The molecule has 0 spiro atoms. The topological polar surface area (TPSA) is 35.5 Å². The van der Waals surface area contributed by atoms with Crippen molar-refractivity contribution in [3.05, 3.63) is 24.3 Å². The first-order chi connectivity index (χ1) is 5.36. The average molecular weight is 151 g/mol. The zero-order valence-corrected chi connectivity index (χ0v) is 6.03. The van der Waals surface area contributed by atoms with E-state index < -0.39 is 0 Å². The van der Waals surface area contributed by atoms with Gasteiger partial charge >= 0.3 is 6.47 Å². The molecule has 0 aromatic heterocycles. The van der Waals surface area contributed by atoms with Crippen LogP contribution < -0.4 is 9.47 Å². The van der Waals surface area contributed by atoms with Crippen LogP contribution in [0.2, 0.25) is 0 Å². The summed E-state index contributed by atoms with van der Waals surface area (Å²) in [6.45, 7) is 1.33. The molecule has 0 bridgehead atoms. The van der Waals surface area contributed by atoms with Gasteiger partial charge in [0, 0.05) is 0 Å². The van der Waals surface area contributed by atoms with Crippen LogP contribution in [0.4, 0.5) is 0 Å². The molecule has 0 unspecified atom stereocenters. The largest absolute Gasteiger partial charge is 0.497 e. The zero-order chi connectivity index (χ0) is 8.10. The van der Waals surface area contributed by atoms with Crippen LogP contribution in [0.3, 0.4) is 0 Å². The monoisotopic (exact) mass is 151 g/mol. The Hall–Kier alpha value is -1.51. The maximum atomic E-state index is 9.75. The molecule has 0 aliphatic rings. The van der Waals surface area contributed by atoms with Crippen molar-refractivity contribution in [3.63, 3.8) is 0 Å². The van der Waals surface area contributed by atoms with Crippen molar-refractivity contribution in [2.24, 2.45) is 0 Å². The van der Waals surface area contributed by atoms with Crippen molar-refractivity contribution in [2.75, 3.05) is 7.11 Å². The number of benzene rings is 1. The van der Waals surface area contributed by atoms with Gasteiger partial charge in [0.25, 0.3) is 0 Å². The van der Waals surface area contributed by atoms with Gasteiger partial charge in [-0.2, -0.15) is 0 Å². The fourth-order valence-corrected chi connectivity index (χ4v) is 0.692. The van der Waals surface area contributed by atoms with Crippen LogP contribution in [-0.2, 0) is 4.79 Å². The number of hydrogen-bond donors (Lipinski definition) is 0. The Labute approximate surface area is 64.5 Å². The van der Waals surface area contributed by atoms with Gasteiger partial charge < -0.3 is 9.47 Å². The zero-order valence-electron chi connectivity index (χ0n) is 6.03. The van der Waals surface area contributed by atoms with Crippen molar-refractivity contribution in [1.29, 1.82) is 0 Å². The van der Waals surface area contributed by atoms with E-state index in [0.29, 0.717) is 5.75 Å². The maximum Gasteiger partial charge on any atom is 0.423 e. The number of hydrogen-bond acceptors (Lipinski definition) is 3. The van der Waals surface area contributed by atoms with Gasteiger partial charge in [-0.3, -0.25) is 0 Å². The number of ether oxygens (including phenoxy) is 2. The summed E-state index contributed by atoms with van der Waals surface area (Å²) >= 11 is 0. The average Bonchev–Trinajstić information content (AvgIpc) is 2.07. The van der Waals surface area contributed by atoms with Crippen molar-refractivity contribution >= 4 is 6.47 Å². The molecule has 1 aromatic rings. The second-order valence-corrected chi connectivity index (χ2v) is 1.86. The van der Waals surface area contributed by atoms with Gasteiger partial charge in [-0.25, -0.2) is 4.79 Å². The van der Waals surface area contributed by atoms with Crippen LogP contribution in [0.25, 0.3) is 0 Å². The molecule has 0 aliphatic carbocycles. The molecule has 0 amide bonds. The van der Waals surface area contributed by atoms with Gasteiger partial charge in [0.05, 0.1) is 7.11 Å². The van der Waals surface area contributed by atoms with E-state index in [9.17, 15) is 4.79 Å². The third-order valence-electron chi connectivity index (χ3n) is 1.22. The van der Waals surface area contributed by atoms with Crippen LogP contribution in [-0.4, -0.2) is 13.6 Å². The molecule has 0 heterocycles. The number of methoxy groups -OCH3 is 1. The highest BCUT2D eigenvalue weighted by atomic mass is 16.5. The minimum Gasteiger partial charge on any atom is -0.497 e. The first-order valence-corrected chi connectivity index (χ1v) is 3.05. The predicted molar refractivity (Wildman–Crippen MR) is 39.3 cm³/mol. The second kappa shape index (κ2) is 3.61. The van der Waals surface area contributed by atoms with E-state index in [0.717, 1.165) is 5.75 Å². The molecule has 3 heteroatoms. The lowest BCUT2D eigenvalue weighted by atomic mass is 10.3. The van der Waals surface area contributed by atoms with Gasteiger partial charge in [-0.15, -0.1) is 0 Å². The smallest absolute Gasteiger partial charge is 0.423 e. The van der Waals surface area contributed by atoms with Gasteiger partial charge in [0.2, 0.25) is 0 Å². The molecule has 1 radical (unpaired) electrons. The van der Waals surface area contributed by atoms with E-state index in [2.05, 4.69) is 4.74 Å².